The van der Waals surface area contributed by atoms with Gasteiger partial charge in [-0.15, -0.1) is 0 Å². The van der Waals surface area contributed by atoms with Gasteiger partial charge in [0.05, 0.1) is 6.26 Å². The molecule has 0 radical (unpaired) electrons. The van der Waals surface area contributed by atoms with Crippen molar-refractivity contribution < 1.29 is 14.0 Å². The van der Waals surface area contributed by atoms with Crippen molar-refractivity contribution in [3.05, 3.63) is 47.9 Å². The Balaban J connectivity index is 1.55. The van der Waals surface area contributed by atoms with Crippen LogP contribution in [0.3, 0.4) is 0 Å². The second-order valence-corrected chi connectivity index (χ2v) is 7.21. The summed E-state index contributed by atoms with van der Waals surface area (Å²) in [6, 6.07) is 9.30. The summed E-state index contributed by atoms with van der Waals surface area (Å²) in [5, 5.41) is 3.06. The molecule has 5 nitrogen and oxygen atoms in total. The van der Waals surface area contributed by atoms with Crippen LogP contribution in [0.15, 0.2) is 41.0 Å². The molecule has 26 heavy (non-hydrogen) atoms. The molecule has 136 valence electrons. The van der Waals surface area contributed by atoms with Gasteiger partial charge in [0.1, 0.15) is 0 Å². The van der Waals surface area contributed by atoms with Gasteiger partial charge in [0.15, 0.2) is 5.76 Å². The highest BCUT2D eigenvalue weighted by molar-refractivity contribution is 6.05. The van der Waals surface area contributed by atoms with Crippen LogP contribution in [0.25, 0.3) is 0 Å². The molecule has 0 saturated heterocycles. The van der Waals surface area contributed by atoms with Crippen LogP contribution < -0.4 is 10.2 Å². The van der Waals surface area contributed by atoms with E-state index in [4.69, 9.17) is 4.42 Å². The minimum absolute atomic E-state index is 0.101. The van der Waals surface area contributed by atoms with Gasteiger partial charge >= 0.3 is 0 Å². The second-order valence-electron chi connectivity index (χ2n) is 7.21. The predicted octanol–water partition coefficient (Wildman–Crippen LogP) is 4.39. The highest BCUT2D eigenvalue weighted by atomic mass is 16.3. The zero-order valence-corrected chi connectivity index (χ0v) is 14.9. The molecule has 2 amide bonds. The number of fused-ring (bicyclic) bond motifs is 1. The van der Waals surface area contributed by atoms with Crippen LogP contribution in [0.1, 0.15) is 54.6 Å². The first-order valence-electron chi connectivity index (χ1n) is 9.51. The number of furan rings is 1. The average molecular weight is 352 g/mol. The minimum atomic E-state index is -0.133. The topological polar surface area (TPSA) is 62.6 Å². The predicted molar refractivity (Wildman–Crippen MR) is 100 cm³/mol. The number of carbonyl (C=O) groups is 2. The first-order chi connectivity index (χ1) is 12.7. The number of amides is 2. The Bertz CT molecular complexity index is 792. The third-order valence-corrected chi connectivity index (χ3v) is 5.42. The zero-order valence-electron chi connectivity index (χ0n) is 14.9. The van der Waals surface area contributed by atoms with Gasteiger partial charge in [-0.2, -0.15) is 0 Å². The standard InChI is InChI=1S/C21H24N2O3/c24-20(16-6-2-1-3-7-16)22-17-11-10-15-8-4-12-23(18(15)14-17)21(25)19-9-5-13-26-19/h5,9-11,13-14,16H,1-4,6-8,12H2,(H,22,24). The van der Waals surface area contributed by atoms with Gasteiger partial charge in [0.2, 0.25) is 5.91 Å². The lowest BCUT2D eigenvalue weighted by Crippen LogP contribution is -2.35. The first kappa shape index (κ1) is 16.9. The van der Waals surface area contributed by atoms with E-state index in [1.54, 1.807) is 17.0 Å². The SMILES string of the molecule is O=C(Nc1ccc2c(c1)N(C(=O)c1ccco1)CCC2)C1CCCCC1. The van der Waals surface area contributed by atoms with Gasteiger partial charge in [-0.25, -0.2) is 0 Å². The van der Waals surface area contributed by atoms with E-state index in [1.165, 1.54) is 12.7 Å². The number of hydrogen-bond donors (Lipinski definition) is 1. The van der Waals surface area contributed by atoms with Crippen LogP contribution in [0.4, 0.5) is 11.4 Å². The molecule has 2 aromatic rings. The summed E-state index contributed by atoms with van der Waals surface area (Å²) in [6.07, 6.45) is 8.81. The van der Waals surface area contributed by atoms with Gasteiger partial charge in [-0.3, -0.25) is 9.59 Å². The lowest BCUT2D eigenvalue weighted by Gasteiger charge is -2.29. The van der Waals surface area contributed by atoms with E-state index in [9.17, 15) is 9.59 Å². The molecule has 1 aromatic carbocycles. The van der Waals surface area contributed by atoms with E-state index in [-0.39, 0.29) is 17.7 Å². The molecule has 1 aliphatic heterocycles. The number of hydrogen-bond acceptors (Lipinski definition) is 3. The lowest BCUT2D eigenvalue weighted by atomic mass is 9.88. The van der Waals surface area contributed by atoms with Crippen LogP contribution >= 0.6 is 0 Å². The van der Waals surface area contributed by atoms with E-state index >= 15 is 0 Å². The van der Waals surface area contributed by atoms with Gasteiger partial charge in [-0.1, -0.05) is 25.3 Å². The summed E-state index contributed by atoms with van der Waals surface area (Å²) in [5.41, 5.74) is 2.77. The Morgan fingerprint density at radius 2 is 1.92 bits per heavy atom. The Morgan fingerprint density at radius 1 is 1.08 bits per heavy atom. The summed E-state index contributed by atoms with van der Waals surface area (Å²) in [7, 11) is 0. The number of rotatable bonds is 3. The molecular weight excluding hydrogens is 328 g/mol. The Morgan fingerprint density at radius 3 is 2.69 bits per heavy atom. The number of benzene rings is 1. The zero-order chi connectivity index (χ0) is 17.9. The summed E-state index contributed by atoms with van der Waals surface area (Å²) >= 11 is 0. The summed E-state index contributed by atoms with van der Waals surface area (Å²) in [4.78, 5) is 27.0. The summed E-state index contributed by atoms with van der Waals surface area (Å²) in [5.74, 6) is 0.422. The fourth-order valence-corrected chi connectivity index (χ4v) is 4.01. The van der Waals surface area contributed by atoms with E-state index < -0.39 is 0 Å². The quantitative estimate of drug-likeness (QED) is 0.891. The van der Waals surface area contributed by atoms with Crippen molar-refractivity contribution in [3.63, 3.8) is 0 Å². The van der Waals surface area contributed by atoms with Crippen LogP contribution in [0.5, 0.6) is 0 Å². The molecule has 0 bridgehead atoms. The highest BCUT2D eigenvalue weighted by Crippen LogP contribution is 2.32. The minimum Gasteiger partial charge on any atom is -0.459 e. The largest absolute Gasteiger partial charge is 0.459 e. The van der Waals surface area contributed by atoms with Crippen molar-refractivity contribution in [1.82, 2.24) is 0 Å². The lowest BCUT2D eigenvalue weighted by molar-refractivity contribution is -0.120. The smallest absolute Gasteiger partial charge is 0.293 e. The van der Waals surface area contributed by atoms with Gasteiger partial charge in [0.25, 0.3) is 5.91 Å². The number of nitrogens with zero attached hydrogens (tertiary/aromatic N) is 1. The van der Waals surface area contributed by atoms with Crippen molar-refractivity contribution in [2.24, 2.45) is 5.92 Å². The summed E-state index contributed by atoms with van der Waals surface area (Å²) in [6.45, 7) is 0.659. The fourth-order valence-electron chi connectivity index (χ4n) is 4.01. The van der Waals surface area contributed by atoms with Crippen molar-refractivity contribution >= 4 is 23.2 Å². The Labute approximate surface area is 153 Å². The van der Waals surface area contributed by atoms with Gasteiger partial charge in [0, 0.05) is 23.8 Å². The normalized spacial score (nSPS) is 17.6. The molecule has 2 aliphatic rings. The van der Waals surface area contributed by atoms with Crippen LogP contribution in [-0.2, 0) is 11.2 Å². The Hall–Kier alpha value is -2.56. The number of nitrogens with one attached hydrogen (secondary N) is 1. The highest BCUT2D eigenvalue weighted by Gasteiger charge is 2.26. The van der Waals surface area contributed by atoms with Crippen LogP contribution in [0, 0.1) is 5.92 Å². The van der Waals surface area contributed by atoms with E-state index in [0.717, 1.165) is 55.5 Å². The number of carbonyl (C=O) groups excluding carboxylic acids is 2. The maximum Gasteiger partial charge on any atom is 0.293 e. The number of anilines is 2. The molecule has 0 spiro atoms. The molecule has 1 aliphatic carbocycles. The average Bonchev–Trinajstić information content (AvgIpc) is 3.22. The molecule has 1 fully saturated rings. The molecule has 0 unspecified atom stereocenters. The fraction of sp³-hybridized carbons (Fsp3) is 0.429. The third kappa shape index (κ3) is 3.39. The monoisotopic (exact) mass is 352 g/mol. The molecule has 1 N–H and O–H groups in total. The van der Waals surface area contributed by atoms with Crippen LogP contribution in [0.2, 0.25) is 0 Å². The first-order valence-corrected chi connectivity index (χ1v) is 9.51. The molecule has 5 heteroatoms. The second kappa shape index (κ2) is 7.36. The number of aryl methyl sites for hydroxylation is 1. The van der Waals surface area contributed by atoms with Crippen molar-refractivity contribution in [2.45, 2.75) is 44.9 Å². The third-order valence-electron chi connectivity index (χ3n) is 5.42. The maximum atomic E-state index is 12.7. The molecule has 0 atom stereocenters. The van der Waals surface area contributed by atoms with E-state index in [1.807, 2.05) is 18.2 Å². The molecule has 1 saturated carbocycles. The van der Waals surface area contributed by atoms with Gasteiger partial charge in [-0.05, 0) is 55.5 Å². The molecule has 1 aromatic heterocycles. The van der Waals surface area contributed by atoms with E-state index in [0.29, 0.717) is 12.3 Å². The Kier molecular flexibility index (Phi) is 4.78. The van der Waals surface area contributed by atoms with Gasteiger partial charge < -0.3 is 14.6 Å². The van der Waals surface area contributed by atoms with Crippen LogP contribution in [-0.4, -0.2) is 18.4 Å². The van der Waals surface area contributed by atoms with Crippen molar-refractivity contribution in [1.29, 1.82) is 0 Å². The molecule has 4 rings (SSSR count). The van der Waals surface area contributed by atoms with E-state index in [2.05, 4.69) is 5.32 Å². The molecule has 2 heterocycles. The molecular formula is C21H24N2O3. The van der Waals surface area contributed by atoms with Crippen molar-refractivity contribution in [2.75, 3.05) is 16.8 Å². The maximum absolute atomic E-state index is 12.7. The summed E-state index contributed by atoms with van der Waals surface area (Å²) < 4.78 is 5.28. The van der Waals surface area contributed by atoms with Crippen molar-refractivity contribution in [3.8, 4) is 0 Å².